The maximum Gasteiger partial charge on any atom is 0.325 e. The first-order valence-corrected chi connectivity index (χ1v) is 7.01. The molecule has 0 unspecified atom stereocenters. The van der Waals surface area contributed by atoms with Gasteiger partial charge in [-0.15, -0.1) is 0 Å². The van der Waals surface area contributed by atoms with Crippen molar-refractivity contribution in [2.45, 2.75) is 38.4 Å². The third-order valence-electron chi connectivity index (χ3n) is 4.05. The highest BCUT2D eigenvalue weighted by atomic mass is 16.2. The molecule has 1 aromatic heterocycles. The van der Waals surface area contributed by atoms with E-state index in [1.807, 2.05) is 13.1 Å². The minimum Gasteiger partial charge on any atom is -0.323 e. The second kappa shape index (κ2) is 4.90. The Bertz CT molecular complexity index is 533. The van der Waals surface area contributed by atoms with Crippen LogP contribution < -0.4 is 10.6 Å². The van der Waals surface area contributed by atoms with Crippen LogP contribution in [0, 0.1) is 0 Å². The van der Waals surface area contributed by atoms with E-state index < -0.39 is 5.54 Å². The summed E-state index contributed by atoms with van der Waals surface area (Å²) in [5.41, 5.74) is 0.185. The number of urea groups is 1. The second-order valence-electron chi connectivity index (χ2n) is 5.36. The van der Waals surface area contributed by atoms with Gasteiger partial charge >= 0.3 is 6.03 Å². The fraction of sp³-hybridized carbons (Fsp3) is 0.615. The molecule has 0 bridgehead atoms. The minimum atomic E-state index is -0.691. The van der Waals surface area contributed by atoms with Crippen LogP contribution >= 0.6 is 0 Å². The highest BCUT2D eigenvalue weighted by Crippen LogP contribution is 2.27. The molecular weight excluding hydrogens is 258 g/mol. The van der Waals surface area contributed by atoms with Crippen molar-refractivity contribution >= 4 is 11.9 Å². The SMILES string of the molecule is CCn1cc(CN2C(=O)NC3(CCNCC3)C2=O)cn1. The standard InChI is InChI=1S/C13H19N5O2/c1-2-17-8-10(7-15-17)9-18-11(19)13(16-12(18)20)3-5-14-6-4-13/h7-8,14H,2-6,9H2,1H3,(H,16,20). The number of nitrogens with zero attached hydrogens (tertiary/aromatic N) is 3. The second-order valence-corrected chi connectivity index (χ2v) is 5.36. The van der Waals surface area contributed by atoms with Crippen LogP contribution in [0.25, 0.3) is 0 Å². The first-order valence-electron chi connectivity index (χ1n) is 7.01. The zero-order chi connectivity index (χ0) is 14.2. The van der Waals surface area contributed by atoms with E-state index in [1.165, 1.54) is 4.90 Å². The maximum absolute atomic E-state index is 12.6. The Morgan fingerprint density at radius 3 is 2.75 bits per heavy atom. The summed E-state index contributed by atoms with van der Waals surface area (Å²) >= 11 is 0. The fourth-order valence-electron chi connectivity index (χ4n) is 2.86. The minimum absolute atomic E-state index is 0.103. The highest BCUT2D eigenvalue weighted by molar-refractivity contribution is 6.07. The molecule has 0 radical (unpaired) electrons. The van der Waals surface area contributed by atoms with Gasteiger partial charge in [0.1, 0.15) is 5.54 Å². The van der Waals surface area contributed by atoms with Crippen molar-refractivity contribution in [3.8, 4) is 0 Å². The Labute approximate surface area is 117 Å². The van der Waals surface area contributed by atoms with Crippen LogP contribution in [0.3, 0.4) is 0 Å². The maximum atomic E-state index is 12.6. The van der Waals surface area contributed by atoms with Gasteiger partial charge in [0.15, 0.2) is 0 Å². The molecule has 0 saturated carbocycles. The van der Waals surface area contributed by atoms with Gasteiger partial charge in [-0.2, -0.15) is 5.10 Å². The molecule has 108 valence electrons. The van der Waals surface area contributed by atoms with E-state index in [-0.39, 0.29) is 11.9 Å². The van der Waals surface area contributed by atoms with Crippen molar-refractivity contribution in [2.75, 3.05) is 13.1 Å². The summed E-state index contributed by atoms with van der Waals surface area (Å²) in [6, 6.07) is -0.291. The summed E-state index contributed by atoms with van der Waals surface area (Å²) in [5, 5.41) is 10.3. The van der Waals surface area contributed by atoms with E-state index in [0.717, 1.165) is 25.2 Å². The zero-order valence-electron chi connectivity index (χ0n) is 11.6. The average molecular weight is 277 g/mol. The van der Waals surface area contributed by atoms with Crippen LogP contribution in [-0.4, -0.2) is 45.2 Å². The van der Waals surface area contributed by atoms with E-state index in [1.54, 1.807) is 10.9 Å². The molecule has 2 aliphatic rings. The van der Waals surface area contributed by atoms with Crippen molar-refractivity contribution in [1.82, 2.24) is 25.3 Å². The third kappa shape index (κ3) is 2.07. The van der Waals surface area contributed by atoms with Crippen LogP contribution in [-0.2, 0) is 17.9 Å². The van der Waals surface area contributed by atoms with Gasteiger partial charge in [0.05, 0.1) is 12.7 Å². The molecule has 2 saturated heterocycles. The molecule has 7 heteroatoms. The molecule has 2 N–H and O–H groups in total. The molecule has 0 atom stereocenters. The summed E-state index contributed by atoms with van der Waals surface area (Å²) in [6.45, 7) is 4.57. The molecule has 1 aromatic rings. The number of amides is 3. The monoisotopic (exact) mass is 277 g/mol. The Kier molecular flexibility index (Phi) is 3.21. The van der Waals surface area contributed by atoms with Crippen LogP contribution in [0.2, 0.25) is 0 Å². The quantitative estimate of drug-likeness (QED) is 0.767. The van der Waals surface area contributed by atoms with Gasteiger partial charge in [0.2, 0.25) is 0 Å². The lowest BCUT2D eigenvalue weighted by Crippen LogP contribution is -2.53. The Hall–Kier alpha value is -1.89. The molecule has 0 aliphatic carbocycles. The van der Waals surface area contributed by atoms with E-state index in [0.29, 0.717) is 19.4 Å². The largest absolute Gasteiger partial charge is 0.325 e. The van der Waals surface area contributed by atoms with Gasteiger partial charge in [-0.25, -0.2) is 4.79 Å². The van der Waals surface area contributed by atoms with E-state index >= 15 is 0 Å². The molecule has 3 amide bonds. The molecular formula is C13H19N5O2. The fourth-order valence-corrected chi connectivity index (χ4v) is 2.86. The van der Waals surface area contributed by atoms with Crippen LogP contribution in [0.1, 0.15) is 25.3 Å². The lowest BCUT2D eigenvalue weighted by atomic mass is 9.88. The van der Waals surface area contributed by atoms with Crippen molar-refractivity contribution in [1.29, 1.82) is 0 Å². The van der Waals surface area contributed by atoms with Crippen molar-refractivity contribution in [2.24, 2.45) is 0 Å². The van der Waals surface area contributed by atoms with E-state index in [4.69, 9.17) is 0 Å². The van der Waals surface area contributed by atoms with Crippen molar-refractivity contribution < 1.29 is 9.59 Å². The molecule has 2 aliphatic heterocycles. The predicted octanol–water partition coefficient (Wildman–Crippen LogP) is 0.0770. The number of carbonyl (C=O) groups is 2. The lowest BCUT2D eigenvalue weighted by Gasteiger charge is -2.31. The van der Waals surface area contributed by atoms with Gasteiger partial charge in [0.25, 0.3) is 5.91 Å². The first-order chi connectivity index (χ1) is 9.64. The molecule has 20 heavy (non-hydrogen) atoms. The lowest BCUT2D eigenvalue weighted by molar-refractivity contribution is -0.132. The molecule has 0 aromatic carbocycles. The number of imide groups is 1. The van der Waals surface area contributed by atoms with E-state index in [2.05, 4.69) is 15.7 Å². The number of aromatic nitrogens is 2. The molecule has 3 heterocycles. The predicted molar refractivity (Wildman–Crippen MR) is 71.8 cm³/mol. The Balaban J connectivity index is 1.76. The first kappa shape index (κ1) is 13.1. The van der Waals surface area contributed by atoms with Gasteiger partial charge < -0.3 is 10.6 Å². The van der Waals surface area contributed by atoms with Crippen LogP contribution in [0.15, 0.2) is 12.4 Å². The number of hydrogen-bond donors (Lipinski definition) is 2. The summed E-state index contributed by atoms with van der Waals surface area (Å²) < 4.78 is 1.79. The van der Waals surface area contributed by atoms with Crippen LogP contribution in [0.5, 0.6) is 0 Å². The normalized spacial score (nSPS) is 21.6. The number of rotatable bonds is 3. The number of nitrogens with one attached hydrogen (secondary N) is 2. The van der Waals surface area contributed by atoms with Crippen molar-refractivity contribution in [3.63, 3.8) is 0 Å². The van der Waals surface area contributed by atoms with Gasteiger partial charge in [-0.3, -0.25) is 14.4 Å². The number of piperidine rings is 1. The van der Waals surface area contributed by atoms with Gasteiger partial charge in [0, 0.05) is 18.3 Å². The summed E-state index contributed by atoms with van der Waals surface area (Å²) in [7, 11) is 0. The molecule has 1 spiro atoms. The van der Waals surface area contributed by atoms with Crippen molar-refractivity contribution in [3.05, 3.63) is 18.0 Å². The number of carbonyl (C=O) groups excluding carboxylic acids is 2. The number of hydrogen-bond acceptors (Lipinski definition) is 4. The summed E-state index contributed by atoms with van der Waals surface area (Å²) in [4.78, 5) is 26.0. The topological polar surface area (TPSA) is 79.3 Å². The van der Waals surface area contributed by atoms with Gasteiger partial charge in [-0.1, -0.05) is 0 Å². The highest BCUT2D eigenvalue weighted by Gasteiger charge is 2.51. The Morgan fingerprint density at radius 2 is 2.10 bits per heavy atom. The summed E-state index contributed by atoms with van der Waals surface area (Å²) in [5.74, 6) is -0.103. The summed E-state index contributed by atoms with van der Waals surface area (Å²) in [6.07, 6.45) is 4.88. The average Bonchev–Trinajstić information content (AvgIpc) is 3.00. The Morgan fingerprint density at radius 1 is 1.35 bits per heavy atom. The molecule has 2 fully saturated rings. The molecule has 3 rings (SSSR count). The number of aryl methyl sites for hydroxylation is 1. The smallest absolute Gasteiger partial charge is 0.323 e. The van der Waals surface area contributed by atoms with E-state index in [9.17, 15) is 9.59 Å². The van der Waals surface area contributed by atoms with Crippen LogP contribution in [0.4, 0.5) is 4.79 Å². The zero-order valence-corrected chi connectivity index (χ0v) is 11.6. The van der Waals surface area contributed by atoms with Gasteiger partial charge in [-0.05, 0) is 32.9 Å². The molecule has 7 nitrogen and oxygen atoms in total. The third-order valence-corrected chi connectivity index (χ3v) is 4.05.